The highest BCUT2D eigenvalue weighted by Gasteiger charge is 2.14. The summed E-state index contributed by atoms with van der Waals surface area (Å²) in [6.45, 7) is 10.3. The fourth-order valence-corrected chi connectivity index (χ4v) is 2.25. The summed E-state index contributed by atoms with van der Waals surface area (Å²) < 4.78 is 1.86. The lowest BCUT2D eigenvalue weighted by atomic mass is 10.1. The second-order valence-corrected chi connectivity index (χ2v) is 5.08. The molecule has 19 heavy (non-hydrogen) atoms. The molecule has 2 N–H and O–H groups in total. The molecular weight excluding hydrogens is 238 g/mol. The van der Waals surface area contributed by atoms with Crippen LogP contribution in [0.2, 0.25) is 0 Å². The van der Waals surface area contributed by atoms with Gasteiger partial charge in [0.15, 0.2) is 5.82 Å². The molecular formula is C14H21N5. The molecule has 0 spiro atoms. The van der Waals surface area contributed by atoms with Gasteiger partial charge in [0.05, 0.1) is 5.69 Å². The maximum atomic E-state index is 5.87. The molecule has 0 aliphatic carbocycles. The molecule has 0 unspecified atom stereocenters. The predicted molar refractivity (Wildman–Crippen MR) is 76.5 cm³/mol. The van der Waals surface area contributed by atoms with E-state index in [1.807, 2.05) is 11.6 Å². The van der Waals surface area contributed by atoms with Crippen LogP contribution in [0.5, 0.6) is 0 Å². The van der Waals surface area contributed by atoms with Gasteiger partial charge in [0.1, 0.15) is 11.6 Å². The maximum absolute atomic E-state index is 5.87. The number of nitrogens with zero attached hydrogens (tertiary/aromatic N) is 4. The molecule has 5 nitrogen and oxygen atoms in total. The molecule has 0 aliphatic rings. The molecule has 0 amide bonds. The first-order chi connectivity index (χ1) is 8.93. The zero-order valence-electron chi connectivity index (χ0n) is 12.2. The van der Waals surface area contributed by atoms with E-state index in [-0.39, 0.29) is 5.92 Å². The van der Waals surface area contributed by atoms with Crippen LogP contribution in [0.3, 0.4) is 0 Å². The molecule has 102 valence electrons. The van der Waals surface area contributed by atoms with Gasteiger partial charge in [0.25, 0.3) is 0 Å². The average molecular weight is 259 g/mol. The van der Waals surface area contributed by atoms with E-state index in [0.29, 0.717) is 5.82 Å². The number of hydrogen-bond acceptors (Lipinski definition) is 4. The van der Waals surface area contributed by atoms with Crippen molar-refractivity contribution in [3.8, 4) is 5.82 Å². The summed E-state index contributed by atoms with van der Waals surface area (Å²) in [7, 11) is 0. The van der Waals surface area contributed by atoms with Gasteiger partial charge < -0.3 is 5.73 Å². The number of aromatic nitrogens is 4. The third-order valence-corrected chi connectivity index (χ3v) is 3.28. The van der Waals surface area contributed by atoms with Crippen LogP contribution in [0, 0.1) is 13.8 Å². The zero-order valence-corrected chi connectivity index (χ0v) is 12.2. The summed E-state index contributed by atoms with van der Waals surface area (Å²) in [6.07, 6.45) is 0.968. The average Bonchev–Trinajstić information content (AvgIpc) is 2.63. The minimum absolute atomic E-state index is 0.241. The summed E-state index contributed by atoms with van der Waals surface area (Å²) in [5.74, 6) is 2.22. The second-order valence-electron chi connectivity index (χ2n) is 5.08. The zero-order chi connectivity index (χ0) is 14.2. The van der Waals surface area contributed by atoms with E-state index in [9.17, 15) is 0 Å². The summed E-state index contributed by atoms with van der Waals surface area (Å²) in [4.78, 5) is 8.83. The van der Waals surface area contributed by atoms with Crippen LogP contribution in [0.25, 0.3) is 5.82 Å². The Morgan fingerprint density at radius 1 is 1.26 bits per heavy atom. The molecule has 0 saturated carbocycles. The van der Waals surface area contributed by atoms with Gasteiger partial charge in [-0.15, -0.1) is 0 Å². The van der Waals surface area contributed by atoms with E-state index in [2.05, 4.69) is 42.8 Å². The first-order valence-electron chi connectivity index (χ1n) is 6.64. The minimum atomic E-state index is 0.241. The van der Waals surface area contributed by atoms with Crippen LogP contribution in [0.1, 0.15) is 49.5 Å². The van der Waals surface area contributed by atoms with Gasteiger partial charge in [-0.2, -0.15) is 5.10 Å². The van der Waals surface area contributed by atoms with Crippen LogP contribution in [0.4, 0.5) is 5.82 Å². The van der Waals surface area contributed by atoms with Crippen molar-refractivity contribution in [3.63, 3.8) is 0 Å². The van der Waals surface area contributed by atoms with Gasteiger partial charge >= 0.3 is 0 Å². The molecule has 0 aromatic carbocycles. The van der Waals surface area contributed by atoms with Crippen molar-refractivity contribution in [2.45, 2.75) is 47.0 Å². The Labute approximate surface area is 113 Å². The Morgan fingerprint density at radius 3 is 2.47 bits per heavy atom. The van der Waals surface area contributed by atoms with E-state index < -0.39 is 0 Å². The first kappa shape index (κ1) is 13.5. The topological polar surface area (TPSA) is 69.6 Å². The van der Waals surface area contributed by atoms with Crippen molar-refractivity contribution in [3.05, 3.63) is 28.8 Å². The lowest BCUT2D eigenvalue weighted by Crippen LogP contribution is -2.09. The van der Waals surface area contributed by atoms with Crippen molar-refractivity contribution in [1.82, 2.24) is 19.7 Å². The Bertz CT molecular complexity index is 598. The van der Waals surface area contributed by atoms with Crippen LogP contribution in [0.15, 0.2) is 6.07 Å². The largest absolute Gasteiger partial charge is 0.384 e. The highest BCUT2D eigenvalue weighted by molar-refractivity contribution is 5.40. The van der Waals surface area contributed by atoms with Gasteiger partial charge in [0.2, 0.25) is 0 Å². The fourth-order valence-electron chi connectivity index (χ4n) is 2.25. The smallest absolute Gasteiger partial charge is 0.159 e. The predicted octanol–water partition coefficient (Wildman–Crippen LogP) is 2.55. The highest BCUT2D eigenvalue weighted by Crippen LogP contribution is 2.19. The Kier molecular flexibility index (Phi) is 3.55. The maximum Gasteiger partial charge on any atom is 0.159 e. The van der Waals surface area contributed by atoms with E-state index in [4.69, 9.17) is 5.73 Å². The van der Waals surface area contributed by atoms with Gasteiger partial charge in [-0.25, -0.2) is 14.6 Å². The van der Waals surface area contributed by atoms with E-state index in [0.717, 1.165) is 29.5 Å². The third kappa shape index (κ3) is 2.45. The second kappa shape index (κ2) is 4.99. The van der Waals surface area contributed by atoms with Crippen molar-refractivity contribution in [2.24, 2.45) is 0 Å². The fraction of sp³-hybridized carbons (Fsp3) is 0.500. The lowest BCUT2D eigenvalue weighted by Gasteiger charge is -2.09. The Hall–Kier alpha value is -1.91. The Balaban J connectivity index is 2.59. The molecule has 0 atom stereocenters. The van der Waals surface area contributed by atoms with Crippen LogP contribution < -0.4 is 5.73 Å². The van der Waals surface area contributed by atoms with E-state index in [1.165, 1.54) is 5.56 Å². The van der Waals surface area contributed by atoms with Crippen LogP contribution in [-0.2, 0) is 6.42 Å². The van der Waals surface area contributed by atoms with E-state index >= 15 is 0 Å². The van der Waals surface area contributed by atoms with Gasteiger partial charge in [0, 0.05) is 17.7 Å². The SMILES string of the molecule is CCc1c(C)nn(-c2cc(N)nc(C(C)C)n2)c1C. The first-order valence-corrected chi connectivity index (χ1v) is 6.64. The van der Waals surface area contributed by atoms with Crippen molar-refractivity contribution < 1.29 is 0 Å². The number of aryl methyl sites for hydroxylation is 1. The van der Waals surface area contributed by atoms with Gasteiger partial charge in [-0.05, 0) is 25.8 Å². The molecule has 2 aromatic heterocycles. The van der Waals surface area contributed by atoms with Crippen molar-refractivity contribution in [2.75, 3.05) is 5.73 Å². The minimum Gasteiger partial charge on any atom is -0.384 e. The number of nitrogen functional groups attached to an aromatic ring is 1. The summed E-state index contributed by atoms with van der Waals surface area (Å²) in [6, 6.07) is 1.77. The summed E-state index contributed by atoms with van der Waals surface area (Å²) in [5, 5.41) is 4.56. The van der Waals surface area contributed by atoms with Crippen LogP contribution in [-0.4, -0.2) is 19.7 Å². The standard InChI is InChI=1S/C14H21N5/c1-6-11-9(4)18-19(10(11)5)13-7-12(15)16-14(17-13)8(2)3/h7-8H,6H2,1-5H3,(H2,15,16,17). The Morgan fingerprint density at radius 2 is 1.95 bits per heavy atom. The quantitative estimate of drug-likeness (QED) is 0.919. The number of rotatable bonds is 3. The molecule has 0 fully saturated rings. The molecule has 0 aliphatic heterocycles. The summed E-state index contributed by atoms with van der Waals surface area (Å²) >= 11 is 0. The number of hydrogen-bond donors (Lipinski definition) is 1. The molecule has 0 bridgehead atoms. The molecule has 2 heterocycles. The third-order valence-electron chi connectivity index (χ3n) is 3.28. The molecule has 2 rings (SSSR count). The van der Waals surface area contributed by atoms with Crippen molar-refractivity contribution >= 4 is 5.82 Å². The van der Waals surface area contributed by atoms with Crippen molar-refractivity contribution in [1.29, 1.82) is 0 Å². The molecule has 0 saturated heterocycles. The van der Waals surface area contributed by atoms with Gasteiger partial charge in [-0.3, -0.25) is 0 Å². The lowest BCUT2D eigenvalue weighted by molar-refractivity contribution is 0.737. The molecule has 0 radical (unpaired) electrons. The normalized spacial score (nSPS) is 11.3. The molecule has 5 heteroatoms. The monoisotopic (exact) mass is 259 g/mol. The number of anilines is 1. The van der Waals surface area contributed by atoms with Crippen LogP contribution >= 0.6 is 0 Å². The summed E-state index contributed by atoms with van der Waals surface area (Å²) in [5.41, 5.74) is 9.30. The van der Waals surface area contributed by atoms with Gasteiger partial charge in [-0.1, -0.05) is 20.8 Å². The highest BCUT2D eigenvalue weighted by atomic mass is 15.3. The number of nitrogens with two attached hydrogens (primary N) is 1. The van der Waals surface area contributed by atoms with E-state index in [1.54, 1.807) is 6.07 Å². The molecule has 2 aromatic rings.